The Balaban J connectivity index is 1.56. The van der Waals surface area contributed by atoms with Crippen molar-refractivity contribution in [3.63, 3.8) is 0 Å². The molecule has 4 aromatic carbocycles. The first kappa shape index (κ1) is 28.8. The van der Waals surface area contributed by atoms with Crippen LogP contribution in [0.4, 0.5) is 0 Å². The van der Waals surface area contributed by atoms with E-state index in [-0.39, 0.29) is 11.9 Å². The zero-order valence-corrected chi connectivity index (χ0v) is 23.5. The second-order valence-electron chi connectivity index (χ2n) is 9.93. The predicted molar refractivity (Wildman–Crippen MR) is 162 cm³/mol. The molecule has 0 fully saturated rings. The second-order valence-corrected chi connectivity index (χ2v) is 9.93. The van der Waals surface area contributed by atoms with E-state index >= 15 is 0 Å². The maximum absolute atomic E-state index is 12.4. The van der Waals surface area contributed by atoms with Crippen molar-refractivity contribution in [3.8, 4) is 33.4 Å². The Kier molecular flexibility index (Phi) is 10.7. The number of hydrogen-bond acceptors (Lipinski definition) is 4. The molecule has 0 aromatic heterocycles. The average Bonchev–Trinajstić information content (AvgIpc) is 3.01. The Bertz CT molecular complexity index is 1280. The Labute approximate surface area is 238 Å². The van der Waals surface area contributed by atoms with Crippen LogP contribution in [0.3, 0.4) is 0 Å². The van der Waals surface area contributed by atoms with Crippen molar-refractivity contribution < 1.29 is 19.1 Å². The van der Waals surface area contributed by atoms with Gasteiger partial charge in [0.1, 0.15) is 0 Å². The average molecular weight is 535 g/mol. The second kappa shape index (κ2) is 14.8. The molecule has 0 amide bonds. The summed E-state index contributed by atoms with van der Waals surface area (Å²) in [5.74, 6) is -0.566. The van der Waals surface area contributed by atoms with E-state index in [1.165, 1.54) is 0 Å². The van der Waals surface area contributed by atoms with E-state index in [2.05, 4.69) is 38.1 Å². The van der Waals surface area contributed by atoms with Gasteiger partial charge in [-0.1, -0.05) is 112 Å². The SMILES string of the molecule is CCCCCOC(=O)c1ccc(-c2ccccc2-c2ccccc2-c2ccc(C(=O)OCCCCC)cc2)cc1. The highest BCUT2D eigenvalue weighted by Gasteiger charge is 2.14. The molecular formula is C36H38O4. The van der Waals surface area contributed by atoms with Crippen molar-refractivity contribution in [3.05, 3.63) is 108 Å². The summed E-state index contributed by atoms with van der Waals surface area (Å²) in [4.78, 5) is 24.9. The van der Waals surface area contributed by atoms with Crippen LogP contribution in [0.2, 0.25) is 0 Å². The van der Waals surface area contributed by atoms with Crippen molar-refractivity contribution in [1.82, 2.24) is 0 Å². The third-order valence-electron chi connectivity index (χ3n) is 6.97. The van der Waals surface area contributed by atoms with Gasteiger partial charge in [-0.2, -0.15) is 0 Å². The number of carbonyl (C=O) groups is 2. The Hall–Kier alpha value is -4.18. The fourth-order valence-electron chi connectivity index (χ4n) is 4.71. The van der Waals surface area contributed by atoms with Crippen LogP contribution in [0, 0.1) is 0 Å². The molecule has 4 aromatic rings. The third kappa shape index (κ3) is 7.47. The highest BCUT2D eigenvalue weighted by atomic mass is 16.5. The summed E-state index contributed by atoms with van der Waals surface area (Å²) in [5, 5.41) is 0. The molecule has 0 radical (unpaired) electrons. The molecule has 0 heterocycles. The van der Waals surface area contributed by atoms with Gasteiger partial charge in [0.2, 0.25) is 0 Å². The molecule has 0 N–H and O–H groups in total. The Morgan fingerprint density at radius 3 is 1.18 bits per heavy atom. The molecule has 0 aliphatic rings. The molecule has 206 valence electrons. The van der Waals surface area contributed by atoms with Crippen LogP contribution in [0.25, 0.3) is 33.4 Å². The molecule has 0 atom stereocenters. The van der Waals surface area contributed by atoms with Gasteiger partial charge in [0.25, 0.3) is 0 Å². The summed E-state index contributed by atoms with van der Waals surface area (Å²) >= 11 is 0. The van der Waals surface area contributed by atoms with Crippen LogP contribution in [-0.2, 0) is 9.47 Å². The monoisotopic (exact) mass is 534 g/mol. The van der Waals surface area contributed by atoms with Gasteiger partial charge in [0.15, 0.2) is 0 Å². The summed E-state index contributed by atoms with van der Waals surface area (Å²) in [5.41, 5.74) is 7.49. The van der Waals surface area contributed by atoms with Gasteiger partial charge in [-0.25, -0.2) is 9.59 Å². The highest BCUT2D eigenvalue weighted by molar-refractivity contribution is 5.94. The number of unbranched alkanes of at least 4 members (excludes halogenated alkanes) is 4. The molecule has 0 bridgehead atoms. The number of rotatable bonds is 13. The van der Waals surface area contributed by atoms with Crippen molar-refractivity contribution in [2.45, 2.75) is 52.4 Å². The van der Waals surface area contributed by atoms with Crippen LogP contribution in [0.1, 0.15) is 73.1 Å². The zero-order valence-electron chi connectivity index (χ0n) is 23.5. The van der Waals surface area contributed by atoms with E-state index in [1.807, 2.05) is 72.8 Å². The maximum atomic E-state index is 12.4. The summed E-state index contributed by atoms with van der Waals surface area (Å²) < 4.78 is 10.8. The van der Waals surface area contributed by atoms with Gasteiger partial charge in [0, 0.05) is 0 Å². The molecule has 4 nitrogen and oxygen atoms in total. The van der Waals surface area contributed by atoms with E-state index in [1.54, 1.807) is 0 Å². The standard InChI is InChI=1S/C36H38O4/c1-3-5-11-25-39-35(37)29-21-17-27(18-22-29)31-13-7-9-15-33(31)34-16-10-8-14-32(34)28-19-23-30(24-20-28)36(38)40-26-12-6-4-2/h7-10,13-24H,3-6,11-12,25-26H2,1-2H3. The first-order valence-corrected chi connectivity index (χ1v) is 14.4. The van der Waals surface area contributed by atoms with E-state index < -0.39 is 0 Å². The molecule has 0 spiro atoms. The van der Waals surface area contributed by atoms with Gasteiger partial charge in [0.05, 0.1) is 24.3 Å². The minimum atomic E-state index is -0.283. The van der Waals surface area contributed by atoms with Crippen molar-refractivity contribution in [1.29, 1.82) is 0 Å². The molecular weight excluding hydrogens is 496 g/mol. The van der Waals surface area contributed by atoms with Crippen molar-refractivity contribution >= 4 is 11.9 Å². The van der Waals surface area contributed by atoms with Crippen LogP contribution in [-0.4, -0.2) is 25.2 Å². The van der Waals surface area contributed by atoms with E-state index in [0.717, 1.165) is 71.9 Å². The molecule has 40 heavy (non-hydrogen) atoms. The van der Waals surface area contributed by atoms with Crippen LogP contribution < -0.4 is 0 Å². The number of benzene rings is 4. The summed E-state index contributed by atoms with van der Waals surface area (Å²) in [7, 11) is 0. The molecule has 0 aliphatic carbocycles. The van der Waals surface area contributed by atoms with Gasteiger partial charge < -0.3 is 9.47 Å². The van der Waals surface area contributed by atoms with E-state index in [4.69, 9.17) is 9.47 Å². The minimum Gasteiger partial charge on any atom is -0.462 e. The summed E-state index contributed by atoms with van der Waals surface area (Å²) in [6, 6.07) is 31.8. The van der Waals surface area contributed by atoms with Crippen LogP contribution in [0.5, 0.6) is 0 Å². The zero-order chi connectivity index (χ0) is 28.2. The Morgan fingerprint density at radius 2 is 0.825 bits per heavy atom. The van der Waals surface area contributed by atoms with Crippen molar-refractivity contribution in [2.75, 3.05) is 13.2 Å². The summed E-state index contributed by atoms with van der Waals surface area (Å²) in [6.07, 6.45) is 6.07. The third-order valence-corrected chi connectivity index (χ3v) is 6.97. The molecule has 4 heteroatoms. The first-order valence-electron chi connectivity index (χ1n) is 14.4. The largest absolute Gasteiger partial charge is 0.462 e. The maximum Gasteiger partial charge on any atom is 0.338 e. The number of esters is 2. The number of carbonyl (C=O) groups excluding carboxylic acids is 2. The number of ether oxygens (including phenoxy) is 2. The minimum absolute atomic E-state index is 0.283. The summed E-state index contributed by atoms with van der Waals surface area (Å²) in [6.45, 7) is 5.16. The van der Waals surface area contributed by atoms with Gasteiger partial charge in [-0.05, 0) is 70.5 Å². The lowest BCUT2D eigenvalue weighted by Crippen LogP contribution is -2.06. The molecule has 0 unspecified atom stereocenters. The van der Waals surface area contributed by atoms with Crippen molar-refractivity contribution in [2.24, 2.45) is 0 Å². The highest BCUT2D eigenvalue weighted by Crippen LogP contribution is 2.38. The fraction of sp³-hybridized carbons (Fsp3) is 0.278. The van der Waals surface area contributed by atoms with Gasteiger partial charge >= 0.3 is 11.9 Å². The molecule has 0 saturated carbocycles. The fourth-order valence-corrected chi connectivity index (χ4v) is 4.71. The lowest BCUT2D eigenvalue weighted by molar-refractivity contribution is 0.0489. The van der Waals surface area contributed by atoms with E-state index in [0.29, 0.717) is 24.3 Å². The molecule has 0 saturated heterocycles. The van der Waals surface area contributed by atoms with Crippen LogP contribution >= 0.6 is 0 Å². The van der Waals surface area contributed by atoms with E-state index in [9.17, 15) is 9.59 Å². The van der Waals surface area contributed by atoms with Gasteiger partial charge in [-0.3, -0.25) is 0 Å². The molecule has 4 rings (SSSR count). The quantitative estimate of drug-likeness (QED) is 0.127. The molecule has 0 aliphatic heterocycles. The first-order chi connectivity index (χ1) is 19.6. The lowest BCUT2D eigenvalue weighted by Gasteiger charge is -2.15. The lowest BCUT2D eigenvalue weighted by atomic mass is 9.89. The van der Waals surface area contributed by atoms with Crippen LogP contribution in [0.15, 0.2) is 97.1 Å². The normalized spacial score (nSPS) is 10.8. The van der Waals surface area contributed by atoms with Gasteiger partial charge in [-0.15, -0.1) is 0 Å². The smallest absolute Gasteiger partial charge is 0.338 e. The Morgan fingerprint density at radius 1 is 0.475 bits per heavy atom. The topological polar surface area (TPSA) is 52.6 Å². The number of hydrogen-bond donors (Lipinski definition) is 0. The predicted octanol–water partition coefficient (Wildman–Crippen LogP) is 9.38.